The Morgan fingerprint density at radius 3 is 2.65 bits per heavy atom. The van der Waals surface area contributed by atoms with Gasteiger partial charge in [-0.25, -0.2) is 0 Å². The van der Waals surface area contributed by atoms with Gasteiger partial charge in [-0.2, -0.15) is 0 Å². The van der Waals surface area contributed by atoms with Crippen molar-refractivity contribution in [3.8, 4) is 0 Å². The number of piperidine rings is 1. The first-order chi connectivity index (χ1) is 7.99. The van der Waals surface area contributed by atoms with Gasteiger partial charge in [0.1, 0.15) is 0 Å². The Morgan fingerprint density at radius 1 is 1.41 bits per heavy atom. The molecule has 2 fully saturated rings. The zero-order valence-corrected chi connectivity index (χ0v) is 10.4. The number of likely N-dealkylation sites (tertiary alicyclic amines) is 2. The molecule has 0 spiro atoms. The molecule has 0 saturated carbocycles. The van der Waals surface area contributed by atoms with Gasteiger partial charge < -0.3 is 14.9 Å². The Bertz CT molecular complexity index is 332. The van der Waals surface area contributed by atoms with Crippen molar-refractivity contribution in [2.75, 3.05) is 26.7 Å². The highest BCUT2D eigenvalue weighted by atomic mass is 16.4. The topological polar surface area (TPSA) is 60.9 Å². The molecule has 0 bridgehead atoms. The van der Waals surface area contributed by atoms with E-state index < -0.39 is 11.9 Å². The molecule has 1 N–H and O–H groups in total. The number of hydrogen-bond acceptors (Lipinski definition) is 3. The predicted octanol–water partition coefficient (Wildman–Crippen LogP) is 0.260. The first kappa shape index (κ1) is 12.4. The molecule has 17 heavy (non-hydrogen) atoms. The van der Waals surface area contributed by atoms with E-state index in [0.29, 0.717) is 12.5 Å². The molecule has 0 aromatic carbocycles. The SMILES string of the molecule is CC1CN(C)CCC1N1CC(C(=O)O)CC1=O. The van der Waals surface area contributed by atoms with Gasteiger partial charge in [-0.1, -0.05) is 6.92 Å². The van der Waals surface area contributed by atoms with E-state index in [1.807, 2.05) is 0 Å². The molecule has 2 saturated heterocycles. The lowest BCUT2D eigenvalue weighted by molar-refractivity contribution is -0.141. The first-order valence-electron chi connectivity index (χ1n) is 6.20. The Hall–Kier alpha value is -1.10. The van der Waals surface area contributed by atoms with Crippen molar-refractivity contribution in [2.24, 2.45) is 11.8 Å². The van der Waals surface area contributed by atoms with Gasteiger partial charge in [0.25, 0.3) is 0 Å². The van der Waals surface area contributed by atoms with E-state index in [4.69, 9.17) is 5.11 Å². The Labute approximate surface area is 101 Å². The number of hydrogen-bond donors (Lipinski definition) is 1. The Balaban J connectivity index is 2.03. The Morgan fingerprint density at radius 2 is 2.12 bits per heavy atom. The predicted molar refractivity (Wildman–Crippen MR) is 62.5 cm³/mol. The molecule has 96 valence electrons. The number of carboxylic acid groups (broad SMARTS) is 1. The molecule has 1 amide bonds. The smallest absolute Gasteiger partial charge is 0.308 e. The number of amides is 1. The summed E-state index contributed by atoms with van der Waals surface area (Å²) in [7, 11) is 2.08. The van der Waals surface area contributed by atoms with Gasteiger partial charge in [-0.15, -0.1) is 0 Å². The highest BCUT2D eigenvalue weighted by molar-refractivity contribution is 5.86. The highest BCUT2D eigenvalue weighted by Gasteiger charge is 2.40. The van der Waals surface area contributed by atoms with Crippen LogP contribution in [0.5, 0.6) is 0 Å². The fourth-order valence-electron chi connectivity index (χ4n) is 3.02. The maximum atomic E-state index is 11.9. The lowest BCUT2D eigenvalue weighted by Crippen LogP contribution is -2.49. The molecular formula is C12H20N2O3. The molecule has 0 aliphatic carbocycles. The van der Waals surface area contributed by atoms with Gasteiger partial charge in [0.2, 0.25) is 5.91 Å². The van der Waals surface area contributed by atoms with Gasteiger partial charge >= 0.3 is 5.97 Å². The molecule has 3 unspecified atom stereocenters. The minimum Gasteiger partial charge on any atom is -0.481 e. The molecule has 2 aliphatic rings. The molecule has 0 radical (unpaired) electrons. The van der Waals surface area contributed by atoms with Gasteiger partial charge in [0.05, 0.1) is 5.92 Å². The van der Waals surface area contributed by atoms with Crippen LogP contribution >= 0.6 is 0 Å². The van der Waals surface area contributed by atoms with E-state index in [1.54, 1.807) is 4.90 Å². The van der Waals surface area contributed by atoms with Crippen molar-refractivity contribution in [1.29, 1.82) is 0 Å². The van der Waals surface area contributed by atoms with E-state index in [9.17, 15) is 9.59 Å². The van der Waals surface area contributed by atoms with Crippen molar-refractivity contribution in [3.05, 3.63) is 0 Å². The number of carboxylic acids is 1. The van der Waals surface area contributed by atoms with Crippen LogP contribution in [0.15, 0.2) is 0 Å². The minimum atomic E-state index is -0.846. The van der Waals surface area contributed by atoms with Gasteiger partial charge in [0.15, 0.2) is 0 Å². The molecular weight excluding hydrogens is 220 g/mol. The van der Waals surface area contributed by atoms with Crippen LogP contribution in [-0.4, -0.2) is 59.5 Å². The fourth-order valence-corrected chi connectivity index (χ4v) is 3.02. The first-order valence-corrected chi connectivity index (χ1v) is 6.20. The second-order valence-corrected chi connectivity index (χ2v) is 5.38. The summed E-state index contributed by atoms with van der Waals surface area (Å²) in [5.41, 5.74) is 0. The van der Waals surface area contributed by atoms with Crippen LogP contribution in [-0.2, 0) is 9.59 Å². The lowest BCUT2D eigenvalue weighted by Gasteiger charge is -2.40. The number of aliphatic carboxylic acids is 1. The molecule has 3 atom stereocenters. The zero-order valence-electron chi connectivity index (χ0n) is 10.4. The average Bonchev–Trinajstić information content (AvgIpc) is 2.61. The third-order valence-corrected chi connectivity index (χ3v) is 3.97. The summed E-state index contributed by atoms with van der Waals surface area (Å²) in [6.07, 6.45) is 1.13. The summed E-state index contributed by atoms with van der Waals surface area (Å²) < 4.78 is 0. The van der Waals surface area contributed by atoms with Crippen molar-refractivity contribution < 1.29 is 14.7 Å². The molecule has 0 aromatic heterocycles. The number of rotatable bonds is 2. The van der Waals surface area contributed by atoms with Gasteiger partial charge in [0, 0.05) is 25.6 Å². The molecule has 2 aliphatic heterocycles. The monoisotopic (exact) mass is 240 g/mol. The quantitative estimate of drug-likeness (QED) is 0.752. The second-order valence-electron chi connectivity index (χ2n) is 5.38. The lowest BCUT2D eigenvalue weighted by atomic mass is 9.93. The number of nitrogens with zero attached hydrogens (tertiary/aromatic N) is 2. The van der Waals surface area contributed by atoms with Gasteiger partial charge in [-0.3, -0.25) is 9.59 Å². The van der Waals surface area contributed by atoms with Crippen LogP contribution in [0.2, 0.25) is 0 Å². The third kappa shape index (κ3) is 2.44. The van der Waals surface area contributed by atoms with Crippen molar-refractivity contribution >= 4 is 11.9 Å². The maximum Gasteiger partial charge on any atom is 0.308 e. The summed E-state index contributed by atoms with van der Waals surface area (Å²) in [6.45, 7) is 4.50. The second kappa shape index (κ2) is 4.64. The summed E-state index contributed by atoms with van der Waals surface area (Å²) in [5, 5.41) is 8.97. The fraction of sp³-hybridized carbons (Fsp3) is 0.833. The molecule has 5 heteroatoms. The van der Waals surface area contributed by atoms with E-state index in [-0.39, 0.29) is 18.4 Å². The molecule has 2 heterocycles. The van der Waals surface area contributed by atoms with Crippen LogP contribution in [0.25, 0.3) is 0 Å². The van der Waals surface area contributed by atoms with Crippen molar-refractivity contribution in [3.63, 3.8) is 0 Å². The summed E-state index contributed by atoms with van der Waals surface area (Å²) in [4.78, 5) is 26.8. The van der Waals surface area contributed by atoms with E-state index in [0.717, 1.165) is 19.5 Å². The summed E-state index contributed by atoms with van der Waals surface area (Å²) in [6, 6.07) is 0.225. The molecule has 2 rings (SSSR count). The molecule has 5 nitrogen and oxygen atoms in total. The van der Waals surface area contributed by atoms with Gasteiger partial charge in [-0.05, 0) is 25.9 Å². The Kier molecular flexibility index (Phi) is 3.38. The van der Waals surface area contributed by atoms with E-state index in [2.05, 4.69) is 18.9 Å². The summed E-state index contributed by atoms with van der Waals surface area (Å²) in [5.74, 6) is -0.917. The molecule has 0 aromatic rings. The van der Waals surface area contributed by atoms with Crippen molar-refractivity contribution in [1.82, 2.24) is 9.80 Å². The van der Waals surface area contributed by atoms with Crippen molar-refractivity contribution in [2.45, 2.75) is 25.8 Å². The van der Waals surface area contributed by atoms with E-state index in [1.165, 1.54) is 0 Å². The average molecular weight is 240 g/mol. The standard InChI is InChI=1S/C12H20N2O3/c1-8-6-13(2)4-3-10(8)14-7-9(12(16)17)5-11(14)15/h8-10H,3-7H2,1-2H3,(H,16,17). The normalized spacial score (nSPS) is 35.3. The van der Waals surface area contributed by atoms with Crippen LogP contribution in [0.1, 0.15) is 19.8 Å². The van der Waals surface area contributed by atoms with Crippen LogP contribution < -0.4 is 0 Å². The summed E-state index contributed by atoms with van der Waals surface area (Å²) >= 11 is 0. The van der Waals surface area contributed by atoms with Crippen LogP contribution in [0, 0.1) is 11.8 Å². The largest absolute Gasteiger partial charge is 0.481 e. The minimum absolute atomic E-state index is 0.0128. The highest BCUT2D eigenvalue weighted by Crippen LogP contribution is 2.28. The maximum absolute atomic E-state index is 11.9. The third-order valence-electron chi connectivity index (χ3n) is 3.97. The number of carbonyl (C=O) groups excluding carboxylic acids is 1. The number of carbonyl (C=O) groups is 2. The van der Waals surface area contributed by atoms with E-state index >= 15 is 0 Å². The zero-order chi connectivity index (χ0) is 12.6. The van der Waals surface area contributed by atoms with Crippen LogP contribution in [0.3, 0.4) is 0 Å². The van der Waals surface area contributed by atoms with Crippen LogP contribution in [0.4, 0.5) is 0 Å².